The van der Waals surface area contributed by atoms with Gasteiger partial charge >= 0.3 is 6.01 Å². The van der Waals surface area contributed by atoms with E-state index in [0.29, 0.717) is 28.6 Å². The lowest BCUT2D eigenvalue weighted by Gasteiger charge is -2.07. The topological polar surface area (TPSA) is 57.0 Å². The molecule has 122 valence electrons. The van der Waals surface area contributed by atoms with Crippen LogP contribution in [-0.4, -0.2) is 27.3 Å². The zero-order valence-corrected chi connectivity index (χ0v) is 14.1. The SMILES string of the molecule is CCOc1nc(-c2ccccc2Cl)n(C(=O)c2ccccc2C)n1. The highest BCUT2D eigenvalue weighted by molar-refractivity contribution is 6.33. The molecule has 2 aromatic carbocycles. The molecule has 0 saturated carbocycles. The van der Waals surface area contributed by atoms with Gasteiger partial charge in [-0.2, -0.15) is 9.67 Å². The fraction of sp³-hybridized carbons (Fsp3) is 0.167. The van der Waals surface area contributed by atoms with Gasteiger partial charge in [0.05, 0.1) is 11.6 Å². The standard InChI is InChI=1S/C18H16ClN3O2/c1-3-24-18-20-16(14-10-6-7-11-15(14)19)22(21-18)17(23)13-9-5-4-8-12(13)2/h4-11H,3H2,1-2H3. The third-order valence-corrected chi connectivity index (χ3v) is 3.87. The zero-order chi connectivity index (χ0) is 17.1. The molecule has 0 fully saturated rings. The van der Waals surface area contributed by atoms with Crippen LogP contribution in [0.1, 0.15) is 22.8 Å². The van der Waals surface area contributed by atoms with Gasteiger partial charge in [0.15, 0.2) is 5.82 Å². The molecular weight excluding hydrogens is 326 g/mol. The van der Waals surface area contributed by atoms with Crippen molar-refractivity contribution in [3.05, 3.63) is 64.7 Å². The molecule has 0 aliphatic carbocycles. The highest BCUT2D eigenvalue weighted by Gasteiger charge is 2.22. The van der Waals surface area contributed by atoms with Crippen LogP contribution in [0.3, 0.4) is 0 Å². The predicted molar refractivity (Wildman–Crippen MR) is 92.5 cm³/mol. The molecule has 6 heteroatoms. The minimum atomic E-state index is -0.276. The molecule has 0 aliphatic rings. The van der Waals surface area contributed by atoms with Crippen molar-refractivity contribution in [3.63, 3.8) is 0 Å². The molecule has 1 aromatic heterocycles. The molecule has 0 radical (unpaired) electrons. The van der Waals surface area contributed by atoms with E-state index in [4.69, 9.17) is 16.3 Å². The van der Waals surface area contributed by atoms with Crippen molar-refractivity contribution in [3.8, 4) is 17.4 Å². The van der Waals surface area contributed by atoms with Crippen molar-refractivity contribution in [2.75, 3.05) is 6.61 Å². The van der Waals surface area contributed by atoms with E-state index in [9.17, 15) is 4.79 Å². The molecule has 3 aromatic rings. The van der Waals surface area contributed by atoms with Gasteiger partial charge in [0.1, 0.15) is 0 Å². The largest absolute Gasteiger partial charge is 0.463 e. The molecule has 0 unspecified atom stereocenters. The van der Waals surface area contributed by atoms with Gasteiger partial charge in [-0.25, -0.2) is 0 Å². The summed E-state index contributed by atoms with van der Waals surface area (Å²) >= 11 is 6.27. The summed E-state index contributed by atoms with van der Waals surface area (Å²) in [4.78, 5) is 17.3. The normalized spacial score (nSPS) is 10.6. The number of nitrogens with zero attached hydrogens (tertiary/aromatic N) is 3. The van der Waals surface area contributed by atoms with Gasteiger partial charge in [0.25, 0.3) is 5.91 Å². The lowest BCUT2D eigenvalue weighted by Crippen LogP contribution is -2.16. The first-order valence-corrected chi connectivity index (χ1v) is 7.94. The van der Waals surface area contributed by atoms with E-state index in [-0.39, 0.29) is 11.9 Å². The van der Waals surface area contributed by atoms with Crippen molar-refractivity contribution < 1.29 is 9.53 Å². The number of ether oxygens (including phenoxy) is 1. The van der Waals surface area contributed by atoms with E-state index in [1.807, 2.05) is 44.2 Å². The van der Waals surface area contributed by atoms with Crippen LogP contribution in [0.2, 0.25) is 5.02 Å². The van der Waals surface area contributed by atoms with Crippen LogP contribution < -0.4 is 4.74 Å². The number of rotatable bonds is 4. The van der Waals surface area contributed by atoms with Gasteiger partial charge in [-0.3, -0.25) is 4.79 Å². The lowest BCUT2D eigenvalue weighted by molar-refractivity contribution is 0.0944. The van der Waals surface area contributed by atoms with E-state index in [1.165, 1.54) is 4.68 Å². The monoisotopic (exact) mass is 341 g/mol. The number of aryl methyl sites for hydroxylation is 1. The van der Waals surface area contributed by atoms with Crippen LogP contribution in [0.15, 0.2) is 48.5 Å². The van der Waals surface area contributed by atoms with Gasteiger partial charge in [-0.15, -0.1) is 5.10 Å². The average Bonchev–Trinajstić information content (AvgIpc) is 2.99. The summed E-state index contributed by atoms with van der Waals surface area (Å²) < 4.78 is 6.61. The third kappa shape index (κ3) is 3.03. The summed E-state index contributed by atoms with van der Waals surface area (Å²) in [5, 5.41) is 4.70. The molecule has 1 heterocycles. The minimum Gasteiger partial charge on any atom is -0.463 e. The van der Waals surface area contributed by atoms with Crippen LogP contribution in [0.4, 0.5) is 0 Å². The first-order valence-electron chi connectivity index (χ1n) is 7.57. The van der Waals surface area contributed by atoms with Gasteiger partial charge < -0.3 is 4.74 Å². The second-order valence-electron chi connectivity index (χ2n) is 5.16. The Morgan fingerprint density at radius 2 is 1.88 bits per heavy atom. The fourth-order valence-corrected chi connectivity index (χ4v) is 2.59. The molecule has 0 N–H and O–H groups in total. The first-order chi connectivity index (χ1) is 11.6. The quantitative estimate of drug-likeness (QED) is 0.720. The molecule has 0 saturated heterocycles. The van der Waals surface area contributed by atoms with Crippen LogP contribution >= 0.6 is 11.6 Å². The number of aromatic nitrogens is 3. The molecule has 0 aliphatic heterocycles. The van der Waals surface area contributed by atoms with Gasteiger partial charge in [0.2, 0.25) is 0 Å². The van der Waals surface area contributed by atoms with Crippen LogP contribution in [0, 0.1) is 6.92 Å². The minimum absolute atomic E-state index is 0.148. The Labute approximate surface area is 144 Å². The second kappa shape index (κ2) is 6.84. The smallest absolute Gasteiger partial charge is 0.336 e. The number of carbonyl (C=O) groups excluding carboxylic acids is 1. The molecule has 24 heavy (non-hydrogen) atoms. The Bertz CT molecular complexity index is 889. The predicted octanol–water partition coefficient (Wildman–Crippen LogP) is 3.99. The van der Waals surface area contributed by atoms with E-state index in [2.05, 4.69) is 10.1 Å². The molecule has 0 amide bonds. The lowest BCUT2D eigenvalue weighted by atomic mass is 10.1. The molecule has 5 nitrogen and oxygen atoms in total. The highest BCUT2D eigenvalue weighted by Crippen LogP contribution is 2.28. The Morgan fingerprint density at radius 3 is 2.58 bits per heavy atom. The molecular formula is C18H16ClN3O2. The van der Waals surface area contributed by atoms with Crippen LogP contribution in [0.5, 0.6) is 6.01 Å². The Hall–Kier alpha value is -2.66. The molecule has 0 spiro atoms. The molecule has 3 rings (SSSR count). The van der Waals surface area contributed by atoms with Crippen LogP contribution in [0.25, 0.3) is 11.4 Å². The van der Waals surface area contributed by atoms with E-state index >= 15 is 0 Å². The van der Waals surface area contributed by atoms with E-state index < -0.39 is 0 Å². The van der Waals surface area contributed by atoms with Crippen molar-refractivity contribution in [1.82, 2.24) is 14.8 Å². The number of hydrogen-bond acceptors (Lipinski definition) is 4. The third-order valence-electron chi connectivity index (χ3n) is 3.54. The zero-order valence-electron chi connectivity index (χ0n) is 13.4. The van der Waals surface area contributed by atoms with Crippen molar-refractivity contribution >= 4 is 17.5 Å². The summed E-state index contributed by atoms with van der Waals surface area (Å²) in [6.07, 6.45) is 0. The van der Waals surface area contributed by atoms with Crippen molar-refractivity contribution in [1.29, 1.82) is 0 Å². The summed E-state index contributed by atoms with van der Waals surface area (Å²) in [5.41, 5.74) is 2.04. The maximum atomic E-state index is 13.0. The fourth-order valence-electron chi connectivity index (χ4n) is 2.37. The number of carbonyl (C=O) groups is 1. The van der Waals surface area contributed by atoms with Gasteiger partial charge in [0, 0.05) is 11.1 Å². The molecule has 0 atom stereocenters. The average molecular weight is 342 g/mol. The van der Waals surface area contributed by atoms with Crippen molar-refractivity contribution in [2.24, 2.45) is 0 Å². The number of halogens is 1. The maximum absolute atomic E-state index is 13.0. The summed E-state index contributed by atoms with van der Waals surface area (Å²) in [6, 6.07) is 14.7. The van der Waals surface area contributed by atoms with Crippen LogP contribution in [-0.2, 0) is 0 Å². The Balaban J connectivity index is 2.15. The Kier molecular flexibility index (Phi) is 4.62. The maximum Gasteiger partial charge on any atom is 0.336 e. The first kappa shape index (κ1) is 16.2. The van der Waals surface area contributed by atoms with Crippen molar-refractivity contribution in [2.45, 2.75) is 13.8 Å². The summed E-state index contributed by atoms with van der Waals surface area (Å²) in [6.45, 7) is 4.12. The number of benzene rings is 2. The summed E-state index contributed by atoms with van der Waals surface area (Å²) in [7, 11) is 0. The summed E-state index contributed by atoms with van der Waals surface area (Å²) in [5.74, 6) is 0.0822. The highest BCUT2D eigenvalue weighted by atomic mass is 35.5. The molecule has 0 bridgehead atoms. The number of hydrogen-bond donors (Lipinski definition) is 0. The van der Waals surface area contributed by atoms with E-state index in [1.54, 1.807) is 18.2 Å². The second-order valence-corrected chi connectivity index (χ2v) is 5.57. The van der Waals surface area contributed by atoms with E-state index in [0.717, 1.165) is 5.56 Å². The van der Waals surface area contributed by atoms with Gasteiger partial charge in [-0.05, 0) is 37.6 Å². The van der Waals surface area contributed by atoms with Gasteiger partial charge in [-0.1, -0.05) is 41.9 Å². The Morgan fingerprint density at radius 1 is 1.17 bits per heavy atom.